The molecule has 3 rings (SSSR count). The van der Waals surface area contributed by atoms with Crippen LogP contribution in [0.15, 0.2) is 30.5 Å². The third-order valence-corrected chi connectivity index (χ3v) is 4.78. The zero-order valence-corrected chi connectivity index (χ0v) is 14.8. The second kappa shape index (κ2) is 7.18. The Balaban J connectivity index is 1.58. The number of nitrogens with zero attached hydrogens (tertiary/aromatic N) is 4. The summed E-state index contributed by atoms with van der Waals surface area (Å²) in [5, 5.41) is 4.29. The fourth-order valence-electron chi connectivity index (χ4n) is 3.32. The minimum absolute atomic E-state index is 0.113. The number of rotatable bonds is 4. The zero-order valence-electron chi connectivity index (χ0n) is 14.8. The molecule has 5 nitrogen and oxygen atoms in total. The number of piperazine rings is 1. The Kier molecular flexibility index (Phi) is 5.00. The highest BCUT2D eigenvalue weighted by Gasteiger charge is 2.24. The molecule has 0 aliphatic carbocycles. The molecule has 1 aromatic heterocycles. The molecule has 0 spiro atoms. The van der Waals surface area contributed by atoms with Crippen molar-refractivity contribution in [2.75, 3.05) is 26.2 Å². The summed E-state index contributed by atoms with van der Waals surface area (Å²) in [5.41, 5.74) is 4.34. The van der Waals surface area contributed by atoms with Crippen molar-refractivity contribution in [1.29, 1.82) is 0 Å². The van der Waals surface area contributed by atoms with Crippen LogP contribution in [-0.2, 0) is 13.1 Å². The lowest BCUT2D eigenvalue weighted by Crippen LogP contribution is -2.48. The molecule has 1 aliphatic heterocycles. The molecule has 24 heavy (non-hydrogen) atoms. The normalized spacial score (nSPS) is 15.7. The molecule has 0 radical (unpaired) electrons. The van der Waals surface area contributed by atoms with Gasteiger partial charge in [-0.1, -0.05) is 29.8 Å². The maximum atomic E-state index is 12.7. The Bertz CT molecular complexity index is 714. The van der Waals surface area contributed by atoms with Gasteiger partial charge in [0.25, 0.3) is 5.91 Å². The molecule has 0 bridgehead atoms. The topological polar surface area (TPSA) is 41.4 Å². The molecule has 2 heterocycles. The van der Waals surface area contributed by atoms with Crippen LogP contribution in [0.4, 0.5) is 0 Å². The van der Waals surface area contributed by atoms with Crippen LogP contribution < -0.4 is 0 Å². The van der Waals surface area contributed by atoms with E-state index in [9.17, 15) is 4.79 Å². The van der Waals surface area contributed by atoms with Crippen molar-refractivity contribution >= 4 is 5.91 Å². The molecule has 5 heteroatoms. The standard InChI is InChI=1S/C19H26N4O/c1-4-23-16(3)18(13-20-23)19(24)22-10-8-21(9-11-22)14-17-7-5-6-15(2)12-17/h5-7,12-13H,4,8-11,14H2,1-3H3. The van der Waals surface area contributed by atoms with E-state index in [0.29, 0.717) is 0 Å². The first-order valence-corrected chi connectivity index (χ1v) is 8.68. The highest BCUT2D eigenvalue weighted by Crippen LogP contribution is 2.14. The first-order chi connectivity index (χ1) is 11.6. The highest BCUT2D eigenvalue weighted by molar-refractivity contribution is 5.95. The summed E-state index contributed by atoms with van der Waals surface area (Å²) in [5.74, 6) is 0.113. The molecule has 1 saturated heterocycles. The predicted octanol–water partition coefficient (Wildman–Crippen LogP) is 2.48. The Morgan fingerprint density at radius 3 is 2.54 bits per heavy atom. The second-order valence-electron chi connectivity index (χ2n) is 6.52. The molecule has 2 aromatic rings. The van der Waals surface area contributed by atoms with Crippen LogP contribution in [0.5, 0.6) is 0 Å². The van der Waals surface area contributed by atoms with Gasteiger partial charge in [0, 0.05) is 45.0 Å². The van der Waals surface area contributed by atoms with Gasteiger partial charge in [-0.05, 0) is 26.3 Å². The van der Waals surface area contributed by atoms with Gasteiger partial charge in [-0.25, -0.2) is 0 Å². The molecule has 1 amide bonds. The second-order valence-corrected chi connectivity index (χ2v) is 6.52. The van der Waals surface area contributed by atoms with E-state index in [4.69, 9.17) is 0 Å². The van der Waals surface area contributed by atoms with Crippen molar-refractivity contribution in [1.82, 2.24) is 19.6 Å². The highest BCUT2D eigenvalue weighted by atomic mass is 16.2. The Hall–Kier alpha value is -2.14. The van der Waals surface area contributed by atoms with Crippen LogP contribution in [0.1, 0.15) is 34.1 Å². The largest absolute Gasteiger partial charge is 0.336 e. The van der Waals surface area contributed by atoms with E-state index in [1.54, 1.807) is 6.20 Å². The fraction of sp³-hybridized carbons (Fsp3) is 0.474. The Labute approximate surface area is 143 Å². The molecule has 0 saturated carbocycles. The Morgan fingerprint density at radius 2 is 1.92 bits per heavy atom. The first-order valence-electron chi connectivity index (χ1n) is 8.68. The lowest BCUT2D eigenvalue weighted by Gasteiger charge is -2.34. The number of benzene rings is 1. The summed E-state index contributed by atoms with van der Waals surface area (Å²) < 4.78 is 1.88. The molecule has 0 unspecified atom stereocenters. The average Bonchev–Trinajstić information content (AvgIpc) is 2.95. The minimum Gasteiger partial charge on any atom is -0.336 e. The predicted molar refractivity (Wildman–Crippen MR) is 95.0 cm³/mol. The van der Waals surface area contributed by atoms with Crippen LogP contribution in [0.25, 0.3) is 0 Å². The lowest BCUT2D eigenvalue weighted by atomic mass is 10.1. The third kappa shape index (κ3) is 3.51. The third-order valence-electron chi connectivity index (χ3n) is 4.78. The van der Waals surface area contributed by atoms with Gasteiger partial charge in [0.05, 0.1) is 11.8 Å². The van der Waals surface area contributed by atoms with Gasteiger partial charge in [-0.3, -0.25) is 14.4 Å². The van der Waals surface area contributed by atoms with Crippen LogP contribution in [0.2, 0.25) is 0 Å². The van der Waals surface area contributed by atoms with Gasteiger partial charge in [0.2, 0.25) is 0 Å². The van der Waals surface area contributed by atoms with Crippen molar-refractivity contribution in [3.63, 3.8) is 0 Å². The molecule has 0 atom stereocenters. The van der Waals surface area contributed by atoms with Crippen molar-refractivity contribution in [3.8, 4) is 0 Å². The van der Waals surface area contributed by atoms with Gasteiger partial charge >= 0.3 is 0 Å². The first kappa shape index (κ1) is 16.7. The molecule has 1 aromatic carbocycles. The monoisotopic (exact) mass is 326 g/mol. The number of carbonyl (C=O) groups excluding carboxylic acids is 1. The zero-order chi connectivity index (χ0) is 17.1. The molecule has 128 valence electrons. The van der Waals surface area contributed by atoms with E-state index >= 15 is 0 Å². The van der Waals surface area contributed by atoms with Crippen LogP contribution in [-0.4, -0.2) is 51.7 Å². The van der Waals surface area contributed by atoms with Gasteiger partial charge < -0.3 is 4.90 Å². The summed E-state index contributed by atoms with van der Waals surface area (Å²) in [6.07, 6.45) is 1.71. The fourth-order valence-corrected chi connectivity index (χ4v) is 3.32. The summed E-state index contributed by atoms with van der Waals surface area (Å²) >= 11 is 0. The van der Waals surface area contributed by atoms with E-state index in [1.807, 2.05) is 23.4 Å². The number of amides is 1. The summed E-state index contributed by atoms with van der Waals surface area (Å²) in [6, 6.07) is 8.64. The maximum absolute atomic E-state index is 12.7. The number of hydrogen-bond acceptors (Lipinski definition) is 3. The van der Waals surface area contributed by atoms with Crippen molar-refractivity contribution in [3.05, 3.63) is 52.8 Å². The van der Waals surface area contributed by atoms with E-state index in [2.05, 4.69) is 41.2 Å². The number of aryl methyl sites for hydroxylation is 2. The van der Waals surface area contributed by atoms with Crippen LogP contribution in [0, 0.1) is 13.8 Å². The van der Waals surface area contributed by atoms with E-state index in [1.165, 1.54) is 11.1 Å². The van der Waals surface area contributed by atoms with Gasteiger partial charge in [0.1, 0.15) is 0 Å². The minimum atomic E-state index is 0.113. The van der Waals surface area contributed by atoms with E-state index in [0.717, 1.165) is 50.5 Å². The van der Waals surface area contributed by atoms with Crippen molar-refractivity contribution in [2.24, 2.45) is 0 Å². The van der Waals surface area contributed by atoms with Crippen molar-refractivity contribution < 1.29 is 4.79 Å². The molecule has 1 aliphatic rings. The average molecular weight is 326 g/mol. The lowest BCUT2D eigenvalue weighted by molar-refractivity contribution is 0.0627. The van der Waals surface area contributed by atoms with E-state index in [-0.39, 0.29) is 5.91 Å². The Morgan fingerprint density at radius 1 is 1.17 bits per heavy atom. The van der Waals surface area contributed by atoms with Gasteiger partial charge in [-0.15, -0.1) is 0 Å². The summed E-state index contributed by atoms with van der Waals surface area (Å²) in [4.78, 5) is 17.1. The SMILES string of the molecule is CCn1ncc(C(=O)N2CCN(Cc3cccc(C)c3)CC2)c1C. The number of aromatic nitrogens is 2. The van der Waals surface area contributed by atoms with Crippen LogP contribution >= 0.6 is 0 Å². The smallest absolute Gasteiger partial charge is 0.257 e. The van der Waals surface area contributed by atoms with Crippen LogP contribution in [0.3, 0.4) is 0 Å². The number of hydrogen-bond donors (Lipinski definition) is 0. The molecular weight excluding hydrogens is 300 g/mol. The van der Waals surface area contributed by atoms with Gasteiger partial charge in [0.15, 0.2) is 0 Å². The summed E-state index contributed by atoms with van der Waals surface area (Å²) in [7, 11) is 0. The van der Waals surface area contributed by atoms with E-state index < -0.39 is 0 Å². The molecular formula is C19H26N4O. The van der Waals surface area contributed by atoms with Gasteiger partial charge in [-0.2, -0.15) is 5.10 Å². The quantitative estimate of drug-likeness (QED) is 0.867. The summed E-state index contributed by atoms with van der Waals surface area (Å²) in [6.45, 7) is 11.3. The van der Waals surface area contributed by atoms with Crippen molar-refractivity contribution in [2.45, 2.75) is 33.9 Å². The number of carbonyl (C=O) groups is 1. The molecule has 1 fully saturated rings. The maximum Gasteiger partial charge on any atom is 0.257 e. The molecule has 0 N–H and O–H groups in total.